The van der Waals surface area contributed by atoms with Crippen LogP contribution in [-0.4, -0.2) is 42.5 Å². The second-order valence-electron chi connectivity index (χ2n) is 7.79. The molecule has 1 aromatic carbocycles. The maximum Gasteiger partial charge on any atom is 0.360 e. The minimum Gasteiger partial charge on any atom is -0.464 e. The topological polar surface area (TPSA) is 103 Å². The minimum atomic E-state index is -3.65. The Morgan fingerprint density at radius 2 is 1.90 bits per heavy atom. The lowest BCUT2D eigenvalue weighted by Gasteiger charge is -2.31. The standard InChI is InChI=1S/C20H26N4O4S/c1-28-20(25)18-13-24(23-21-18)19-9-5-4-8-17(19)22-29(26,27)16-11-10-14-6-2-3-7-15(14)12-16/h10-13,17,19,22H,2-9H2,1H3/t17-,19+/m0/s1. The first kappa shape index (κ1) is 20.0. The minimum absolute atomic E-state index is 0.120. The van der Waals surface area contributed by atoms with Gasteiger partial charge in [0, 0.05) is 6.04 Å². The van der Waals surface area contributed by atoms with Crippen LogP contribution < -0.4 is 4.72 Å². The van der Waals surface area contributed by atoms with Crippen molar-refractivity contribution in [2.75, 3.05) is 7.11 Å². The van der Waals surface area contributed by atoms with Crippen molar-refractivity contribution in [3.05, 3.63) is 41.2 Å². The maximum absolute atomic E-state index is 13.1. The third-order valence-electron chi connectivity index (χ3n) is 5.91. The largest absolute Gasteiger partial charge is 0.464 e. The van der Waals surface area contributed by atoms with Crippen molar-refractivity contribution >= 4 is 16.0 Å². The lowest BCUT2D eigenvalue weighted by Crippen LogP contribution is -2.43. The van der Waals surface area contributed by atoms with E-state index in [2.05, 4.69) is 19.8 Å². The van der Waals surface area contributed by atoms with Crippen LogP contribution in [0.1, 0.15) is 66.2 Å². The smallest absolute Gasteiger partial charge is 0.360 e. The number of nitrogens with one attached hydrogen (secondary N) is 1. The summed E-state index contributed by atoms with van der Waals surface area (Å²) >= 11 is 0. The Balaban J connectivity index is 1.56. The lowest BCUT2D eigenvalue weighted by atomic mass is 9.91. The molecule has 2 aliphatic carbocycles. The quantitative estimate of drug-likeness (QED) is 0.748. The van der Waals surface area contributed by atoms with Gasteiger partial charge in [0.15, 0.2) is 5.69 Å². The van der Waals surface area contributed by atoms with Crippen LogP contribution in [0.4, 0.5) is 0 Å². The number of hydrogen-bond donors (Lipinski definition) is 1. The first-order valence-corrected chi connectivity index (χ1v) is 11.6. The fourth-order valence-corrected chi connectivity index (χ4v) is 5.70. The molecule has 4 rings (SSSR count). The molecule has 0 radical (unpaired) electrons. The summed E-state index contributed by atoms with van der Waals surface area (Å²) in [5.74, 6) is -0.557. The zero-order chi connectivity index (χ0) is 20.4. The van der Waals surface area contributed by atoms with Crippen molar-refractivity contribution in [1.29, 1.82) is 0 Å². The van der Waals surface area contributed by atoms with Crippen LogP contribution in [0.2, 0.25) is 0 Å². The van der Waals surface area contributed by atoms with Gasteiger partial charge in [-0.15, -0.1) is 5.10 Å². The van der Waals surface area contributed by atoms with Crippen molar-refractivity contribution < 1.29 is 17.9 Å². The zero-order valence-corrected chi connectivity index (χ0v) is 17.3. The summed E-state index contributed by atoms with van der Waals surface area (Å²) in [7, 11) is -2.36. The van der Waals surface area contributed by atoms with E-state index in [0.29, 0.717) is 11.3 Å². The van der Waals surface area contributed by atoms with Crippen molar-refractivity contribution in [2.45, 2.75) is 68.3 Å². The van der Waals surface area contributed by atoms with Crippen molar-refractivity contribution in [3.63, 3.8) is 0 Å². The summed E-state index contributed by atoms with van der Waals surface area (Å²) in [5.41, 5.74) is 2.51. The molecular formula is C20H26N4O4S. The van der Waals surface area contributed by atoms with Crippen molar-refractivity contribution in [1.82, 2.24) is 19.7 Å². The predicted molar refractivity (Wildman–Crippen MR) is 106 cm³/mol. The molecule has 0 saturated heterocycles. The Morgan fingerprint density at radius 3 is 2.69 bits per heavy atom. The number of aryl methyl sites for hydroxylation is 2. The summed E-state index contributed by atoms with van der Waals surface area (Å²) in [6.45, 7) is 0. The van der Waals surface area contributed by atoms with Crippen LogP contribution in [0.3, 0.4) is 0 Å². The van der Waals surface area contributed by atoms with Gasteiger partial charge in [-0.3, -0.25) is 0 Å². The highest BCUT2D eigenvalue weighted by Gasteiger charge is 2.32. The average Bonchev–Trinajstić information content (AvgIpc) is 3.23. The van der Waals surface area contributed by atoms with E-state index in [0.717, 1.165) is 50.5 Å². The summed E-state index contributed by atoms with van der Waals surface area (Å²) < 4.78 is 35.3. The van der Waals surface area contributed by atoms with Crippen molar-refractivity contribution in [3.8, 4) is 0 Å². The van der Waals surface area contributed by atoms with Crippen LogP contribution in [-0.2, 0) is 27.6 Å². The Labute approximate surface area is 170 Å². The molecule has 2 aromatic rings. The molecule has 0 bridgehead atoms. The van der Waals surface area contributed by atoms with Crippen LogP contribution in [0, 0.1) is 0 Å². The third-order valence-corrected chi connectivity index (χ3v) is 7.40. The lowest BCUT2D eigenvalue weighted by molar-refractivity contribution is 0.0594. The van der Waals surface area contributed by atoms with Gasteiger partial charge in [-0.25, -0.2) is 22.6 Å². The number of rotatable bonds is 5. The van der Waals surface area contributed by atoms with Crippen LogP contribution in [0.15, 0.2) is 29.3 Å². The van der Waals surface area contributed by atoms with Gasteiger partial charge in [0.1, 0.15) is 0 Å². The van der Waals surface area contributed by atoms with E-state index < -0.39 is 16.0 Å². The van der Waals surface area contributed by atoms with E-state index in [1.807, 2.05) is 12.1 Å². The number of sulfonamides is 1. The van der Waals surface area contributed by atoms with Gasteiger partial charge in [-0.2, -0.15) is 0 Å². The van der Waals surface area contributed by atoms with E-state index in [-0.39, 0.29) is 17.8 Å². The Bertz CT molecular complexity index is 1000. The molecule has 2 atom stereocenters. The highest BCUT2D eigenvalue weighted by Crippen LogP contribution is 2.30. The van der Waals surface area contributed by atoms with Gasteiger partial charge in [-0.1, -0.05) is 24.1 Å². The highest BCUT2D eigenvalue weighted by atomic mass is 32.2. The fraction of sp³-hybridized carbons (Fsp3) is 0.550. The average molecular weight is 419 g/mol. The van der Waals surface area contributed by atoms with Gasteiger partial charge in [0.05, 0.1) is 24.2 Å². The molecule has 0 unspecified atom stereocenters. The number of hydrogen-bond acceptors (Lipinski definition) is 6. The van der Waals surface area contributed by atoms with Gasteiger partial charge < -0.3 is 4.74 Å². The van der Waals surface area contributed by atoms with E-state index >= 15 is 0 Å². The number of nitrogens with zero attached hydrogens (tertiary/aromatic N) is 3. The molecule has 156 valence electrons. The third kappa shape index (κ3) is 4.20. The number of carbonyl (C=O) groups excluding carboxylic acids is 1. The highest BCUT2D eigenvalue weighted by molar-refractivity contribution is 7.89. The Kier molecular flexibility index (Phi) is 5.69. The second-order valence-corrected chi connectivity index (χ2v) is 9.51. The second kappa shape index (κ2) is 8.23. The van der Waals surface area contributed by atoms with Gasteiger partial charge >= 0.3 is 5.97 Å². The molecule has 1 N–H and O–H groups in total. The molecule has 1 fully saturated rings. The van der Waals surface area contributed by atoms with E-state index in [1.165, 1.54) is 18.9 Å². The van der Waals surface area contributed by atoms with Gasteiger partial charge in [0.25, 0.3) is 0 Å². The molecule has 0 spiro atoms. The Hall–Kier alpha value is -2.26. The number of esters is 1. The SMILES string of the molecule is COC(=O)c1cn([C@@H]2CCCC[C@@H]2NS(=O)(=O)c2ccc3c(c2)CCCC3)nn1. The Morgan fingerprint density at radius 1 is 1.14 bits per heavy atom. The molecule has 1 heterocycles. The first-order chi connectivity index (χ1) is 14.0. The molecule has 1 saturated carbocycles. The number of aromatic nitrogens is 3. The number of carbonyl (C=O) groups is 1. The fourth-order valence-electron chi connectivity index (χ4n) is 4.35. The summed E-state index contributed by atoms with van der Waals surface area (Å²) in [6.07, 6.45) is 9.12. The molecule has 9 heteroatoms. The van der Waals surface area contributed by atoms with E-state index in [1.54, 1.807) is 10.7 Å². The molecule has 2 aliphatic rings. The maximum atomic E-state index is 13.1. The molecular weight excluding hydrogens is 392 g/mol. The van der Waals surface area contributed by atoms with Crippen LogP contribution in [0.5, 0.6) is 0 Å². The summed E-state index contributed by atoms with van der Waals surface area (Å²) in [5, 5.41) is 7.91. The summed E-state index contributed by atoms with van der Waals surface area (Å²) in [4.78, 5) is 12.0. The number of ether oxygens (including phenoxy) is 1. The summed E-state index contributed by atoms with van der Waals surface area (Å²) in [6, 6.07) is 4.97. The number of methoxy groups -OCH3 is 1. The van der Waals surface area contributed by atoms with Crippen LogP contribution >= 0.6 is 0 Å². The van der Waals surface area contributed by atoms with Gasteiger partial charge in [-0.05, 0) is 61.8 Å². The van der Waals surface area contributed by atoms with E-state index in [4.69, 9.17) is 0 Å². The molecule has 29 heavy (non-hydrogen) atoms. The van der Waals surface area contributed by atoms with Crippen LogP contribution in [0.25, 0.3) is 0 Å². The molecule has 8 nitrogen and oxygen atoms in total. The first-order valence-electron chi connectivity index (χ1n) is 10.1. The number of fused-ring (bicyclic) bond motifs is 1. The van der Waals surface area contributed by atoms with Crippen molar-refractivity contribution in [2.24, 2.45) is 0 Å². The zero-order valence-electron chi connectivity index (χ0n) is 16.5. The monoisotopic (exact) mass is 418 g/mol. The molecule has 0 amide bonds. The number of benzene rings is 1. The van der Waals surface area contributed by atoms with Gasteiger partial charge in [0.2, 0.25) is 10.0 Å². The normalized spacial score (nSPS) is 22.1. The molecule has 1 aromatic heterocycles. The molecule has 0 aliphatic heterocycles. The predicted octanol–water partition coefficient (Wildman–Crippen LogP) is 2.41. The van der Waals surface area contributed by atoms with E-state index in [9.17, 15) is 13.2 Å².